The van der Waals surface area contributed by atoms with Crippen molar-refractivity contribution in [3.05, 3.63) is 29.3 Å². The molecule has 2 aliphatic heterocycles. The topological polar surface area (TPSA) is 86.8 Å². The van der Waals surface area contributed by atoms with Crippen molar-refractivity contribution in [1.82, 2.24) is 14.5 Å². The number of fused-ring (bicyclic) bond motifs is 1. The van der Waals surface area contributed by atoms with Crippen molar-refractivity contribution in [3.8, 4) is 0 Å². The van der Waals surface area contributed by atoms with Gasteiger partial charge in [0.15, 0.2) is 0 Å². The van der Waals surface area contributed by atoms with Gasteiger partial charge in [-0.15, -0.1) is 12.4 Å². The largest absolute Gasteiger partial charge is 0.334 e. The van der Waals surface area contributed by atoms with Gasteiger partial charge in [-0.2, -0.15) is 0 Å². The maximum Gasteiger partial charge on any atom is 0.269 e. The number of likely N-dealkylation sites (tertiary alicyclic amines) is 1. The summed E-state index contributed by atoms with van der Waals surface area (Å²) >= 11 is 0. The van der Waals surface area contributed by atoms with E-state index in [2.05, 4.69) is 5.32 Å². The number of carbonyl (C=O) groups excluding carboxylic acids is 2. The lowest BCUT2D eigenvalue weighted by atomic mass is 10.1. The van der Waals surface area contributed by atoms with E-state index in [0.717, 1.165) is 17.1 Å². The molecule has 0 spiro atoms. The van der Waals surface area contributed by atoms with Crippen LogP contribution in [-0.2, 0) is 10.0 Å². The fraction of sp³-hybridized carbons (Fsp3) is 0.529. The summed E-state index contributed by atoms with van der Waals surface area (Å²) in [5, 5.41) is 3.08. The lowest BCUT2D eigenvalue weighted by molar-refractivity contribution is 0.0735. The molecule has 0 saturated carbocycles. The Morgan fingerprint density at radius 3 is 2.65 bits per heavy atom. The number of hydrogen-bond acceptors (Lipinski definition) is 5. The normalized spacial score (nSPS) is 21.1. The number of benzene rings is 1. The van der Waals surface area contributed by atoms with Crippen LogP contribution in [0.4, 0.5) is 0 Å². The van der Waals surface area contributed by atoms with Gasteiger partial charge in [0.2, 0.25) is 0 Å². The highest BCUT2D eigenvalue weighted by molar-refractivity contribution is 7.90. The summed E-state index contributed by atoms with van der Waals surface area (Å²) in [4.78, 5) is 26.9. The van der Waals surface area contributed by atoms with Crippen LogP contribution >= 0.6 is 12.4 Å². The van der Waals surface area contributed by atoms with Gasteiger partial charge in [-0.3, -0.25) is 9.59 Å². The van der Waals surface area contributed by atoms with E-state index < -0.39 is 22.0 Å². The van der Waals surface area contributed by atoms with Gasteiger partial charge in [-0.1, -0.05) is 0 Å². The quantitative estimate of drug-likeness (QED) is 0.825. The summed E-state index contributed by atoms with van der Waals surface area (Å²) in [6.45, 7) is 4.67. The van der Waals surface area contributed by atoms with Gasteiger partial charge < -0.3 is 10.2 Å². The zero-order valence-electron chi connectivity index (χ0n) is 15.1. The van der Waals surface area contributed by atoms with Crippen LogP contribution in [0.5, 0.6) is 0 Å². The van der Waals surface area contributed by atoms with E-state index >= 15 is 0 Å². The molecule has 2 aliphatic rings. The Kier molecular flexibility index (Phi) is 5.99. The van der Waals surface area contributed by atoms with E-state index in [0.29, 0.717) is 18.7 Å². The Morgan fingerprint density at radius 2 is 2.04 bits per heavy atom. The molecular weight excluding hydrogens is 378 g/mol. The molecule has 0 aromatic heterocycles. The Labute approximate surface area is 160 Å². The number of carbonyl (C=O) groups is 2. The molecule has 0 aliphatic carbocycles. The molecule has 2 amide bonds. The summed E-state index contributed by atoms with van der Waals surface area (Å²) in [6, 6.07) is 3.99. The minimum Gasteiger partial charge on any atom is -0.334 e. The lowest BCUT2D eigenvalue weighted by Gasteiger charge is -2.24. The van der Waals surface area contributed by atoms with Gasteiger partial charge >= 0.3 is 0 Å². The van der Waals surface area contributed by atoms with Crippen molar-refractivity contribution in [2.45, 2.75) is 43.7 Å². The van der Waals surface area contributed by atoms with Crippen LogP contribution in [0, 0.1) is 0 Å². The molecule has 1 N–H and O–H groups in total. The van der Waals surface area contributed by atoms with E-state index in [9.17, 15) is 18.0 Å². The van der Waals surface area contributed by atoms with E-state index in [1.807, 2.05) is 7.05 Å². The summed E-state index contributed by atoms with van der Waals surface area (Å²) in [6.07, 6.45) is 1.86. The molecular formula is C17H24ClN3O4S. The smallest absolute Gasteiger partial charge is 0.269 e. The highest BCUT2D eigenvalue weighted by Gasteiger charge is 2.43. The number of sulfonamides is 1. The van der Waals surface area contributed by atoms with E-state index in [1.165, 1.54) is 12.1 Å². The molecule has 144 valence electrons. The minimum absolute atomic E-state index is 0. The highest BCUT2D eigenvalue weighted by atomic mass is 35.5. The van der Waals surface area contributed by atoms with Crippen LogP contribution in [0.2, 0.25) is 0 Å². The monoisotopic (exact) mass is 401 g/mol. The summed E-state index contributed by atoms with van der Waals surface area (Å²) < 4.78 is 26.2. The molecule has 0 radical (unpaired) electrons. The third kappa shape index (κ3) is 3.21. The first-order valence-corrected chi connectivity index (χ1v) is 9.91. The summed E-state index contributed by atoms with van der Waals surface area (Å²) in [7, 11) is -2.06. The Hall–Kier alpha value is -1.64. The van der Waals surface area contributed by atoms with Gasteiger partial charge in [0.1, 0.15) is 4.90 Å². The highest BCUT2D eigenvalue weighted by Crippen LogP contribution is 2.33. The molecule has 9 heteroatoms. The number of nitrogens with zero attached hydrogens (tertiary/aromatic N) is 2. The Balaban J connectivity index is 0.00000243. The van der Waals surface area contributed by atoms with Crippen molar-refractivity contribution < 1.29 is 18.0 Å². The average Bonchev–Trinajstić information content (AvgIpc) is 3.08. The molecule has 7 nitrogen and oxygen atoms in total. The number of likely N-dealkylation sites (N-methyl/N-ethyl adjacent to an activating group) is 1. The van der Waals surface area contributed by atoms with E-state index in [4.69, 9.17) is 0 Å². The van der Waals surface area contributed by atoms with Crippen molar-refractivity contribution in [2.75, 3.05) is 20.1 Å². The van der Waals surface area contributed by atoms with Crippen molar-refractivity contribution in [2.24, 2.45) is 0 Å². The Bertz CT molecular complexity index is 825. The van der Waals surface area contributed by atoms with Crippen LogP contribution in [0.1, 0.15) is 47.4 Å². The summed E-state index contributed by atoms with van der Waals surface area (Å²) in [5.41, 5.74) is 0.446. The van der Waals surface area contributed by atoms with E-state index in [1.54, 1.807) is 24.8 Å². The summed E-state index contributed by atoms with van der Waals surface area (Å²) in [5.74, 6) is -0.718. The molecule has 26 heavy (non-hydrogen) atoms. The fourth-order valence-corrected chi connectivity index (χ4v) is 5.40. The molecule has 2 heterocycles. The van der Waals surface area contributed by atoms with Gasteiger partial charge in [-0.25, -0.2) is 12.7 Å². The minimum atomic E-state index is -3.90. The first-order chi connectivity index (χ1) is 11.8. The number of nitrogens with one attached hydrogen (secondary N) is 1. The van der Waals surface area contributed by atoms with Gasteiger partial charge in [0.25, 0.3) is 21.8 Å². The first-order valence-electron chi connectivity index (χ1n) is 8.47. The second kappa shape index (κ2) is 7.54. The van der Waals surface area contributed by atoms with Gasteiger partial charge in [0.05, 0.1) is 5.56 Å². The standard InChI is InChI=1S/C17H23N3O4S.ClH/c1-11(2)20-17(22)14-7-6-12(9-15(14)25(20,23)24)16(21)19-8-4-5-13(19)10-18-3;/h6-7,9,11,13,18H,4-5,8,10H2,1-3H3;1H. The second-order valence-electron chi connectivity index (χ2n) is 6.76. The van der Waals surface area contributed by atoms with Crippen LogP contribution < -0.4 is 5.32 Å². The van der Waals surface area contributed by atoms with Gasteiger partial charge in [-0.05, 0) is 51.9 Å². The van der Waals surface area contributed by atoms with Crippen molar-refractivity contribution in [3.63, 3.8) is 0 Å². The third-order valence-corrected chi connectivity index (χ3v) is 6.74. The maximum absolute atomic E-state index is 12.8. The van der Waals surface area contributed by atoms with Crippen molar-refractivity contribution >= 4 is 34.2 Å². The number of hydrogen-bond donors (Lipinski definition) is 1. The molecule has 1 aromatic rings. The second-order valence-corrected chi connectivity index (χ2v) is 8.55. The first kappa shape index (κ1) is 20.7. The maximum atomic E-state index is 12.8. The van der Waals surface area contributed by atoms with E-state index in [-0.39, 0.29) is 34.8 Å². The predicted octanol–water partition coefficient (Wildman–Crippen LogP) is 1.49. The van der Waals surface area contributed by atoms with Crippen LogP contribution in [0.3, 0.4) is 0 Å². The fourth-order valence-electron chi connectivity index (χ4n) is 3.61. The molecule has 1 atom stereocenters. The zero-order chi connectivity index (χ0) is 18.4. The van der Waals surface area contributed by atoms with Crippen LogP contribution in [0.25, 0.3) is 0 Å². The molecule has 0 bridgehead atoms. The number of rotatable bonds is 4. The molecule has 1 aromatic carbocycles. The molecule has 3 rings (SSSR count). The van der Waals surface area contributed by atoms with Crippen LogP contribution in [-0.4, -0.2) is 61.7 Å². The lowest BCUT2D eigenvalue weighted by Crippen LogP contribution is -2.40. The molecule has 1 fully saturated rings. The van der Waals surface area contributed by atoms with Crippen LogP contribution in [0.15, 0.2) is 23.1 Å². The SMILES string of the molecule is CNCC1CCCN1C(=O)c1ccc2c(c1)S(=O)(=O)N(C(C)C)C2=O.Cl. The predicted molar refractivity (Wildman–Crippen MR) is 100 cm³/mol. The average molecular weight is 402 g/mol. The van der Waals surface area contributed by atoms with Crippen molar-refractivity contribution in [1.29, 1.82) is 0 Å². The van der Waals surface area contributed by atoms with Gasteiger partial charge in [0, 0.05) is 30.7 Å². The zero-order valence-corrected chi connectivity index (χ0v) is 16.7. The Morgan fingerprint density at radius 1 is 1.35 bits per heavy atom. The number of halogens is 1. The third-order valence-electron chi connectivity index (χ3n) is 4.74. The number of amides is 2. The molecule has 1 saturated heterocycles. The molecule has 1 unspecified atom stereocenters.